The Morgan fingerprint density at radius 3 is 2.50 bits per heavy atom. The molecule has 0 radical (unpaired) electrons. The number of rotatable bonds is 4. The van der Waals surface area contributed by atoms with Crippen LogP contribution in [-0.4, -0.2) is 79.2 Å². The Morgan fingerprint density at radius 2 is 1.90 bits per heavy atom. The van der Waals surface area contributed by atoms with E-state index in [1.165, 1.54) is 0 Å². The van der Waals surface area contributed by atoms with Gasteiger partial charge in [0, 0.05) is 51.7 Å². The van der Waals surface area contributed by atoms with Crippen molar-refractivity contribution in [3.05, 3.63) is 18.5 Å². The lowest BCUT2D eigenvalue weighted by Gasteiger charge is -2.34. The molecule has 7 heteroatoms. The van der Waals surface area contributed by atoms with Crippen LogP contribution in [-0.2, 0) is 0 Å². The number of hydrogen-bond acceptors (Lipinski definition) is 5. The second-order valence-corrected chi connectivity index (χ2v) is 5.06. The van der Waals surface area contributed by atoms with Crippen LogP contribution in [0.5, 0.6) is 0 Å². The molecule has 0 aromatic carbocycles. The molecule has 1 fully saturated rings. The second-order valence-electron chi connectivity index (χ2n) is 5.06. The average molecular weight is 278 g/mol. The van der Waals surface area contributed by atoms with Crippen LogP contribution in [0.1, 0.15) is 0 Å². The topological polar surface area (TPSA) is 64.6 Å². The highest BCUT2D eigenvalue weighted by atomic mass is 16.2. The highest BCUT2D eigenvalue weighted by Gasteiger charge is 2.21. The predicted molar refractivity (Wildman–Crippen MR) is 77.8 cm³/mol. The number of hydrogen-bond donors (Lipinski definition) is 1. The number of aromatic nitrogens is 2. The van der Waals surface area contributed by atoms with E-state index in [4.69, 9.17) is 0 Å². The number of piperazine rings is 1. The molecule has 2 amide bonds. The molecule has 1 aliphatic rings. The van der Waals surface area contributed by atoms with Gasteiger partial charge in [0.15, 0.2) is 0 Å². The normalized spacial score (nSPS) is 15.6. The second kappa shape index (κ2) is 7.04. The van der Waals surface area contributed by atoms with Gasteiger partial charge >= 0.3 is 6.03 Å². The lowest BCUT2D eigenvalue weighted by Crippen LogP contribution is -2.52. The molecule has 1 aromatic rings. The third-order valence-electron chi connectivity index (χ3n) is 3.24. The Kier molecular flexibility index (Phi) is 5.11. The Morgan fingerprint density at radius 1 is 1.25 bits per heavy atom. The van der Waals surface area contributed by atoms with E-state index >= 15 is 0 Å². The van der Waals surface area contributed by atoms with Gasteiger partial charge in [-0.15, -0.1) is 0 Å². The molecule has 110 valence electrons. The molecule has 1 aliphatic heterocycles. The summed E-state index contributed by atoms with van der Waals surface area (Å²) in [7, 11) is 3.98. The zero-order valence-electron chi connectivity index (χ0n) is 12.1. The summed E-state index contributed by atoms with van der Waals surface area (Å²) >= 11 is 0. The van der Waals surface area contributed by atoms with E-state index in [0.717, 1.165) is 25.6 Å². The standard InChI is InChI=1S/C13H22N6O/c1-17(2)7-6-16-13(20)19-10-8-18(9-11-19)12-14-4-3-5-15-12/h3-5H,6-11H2,1-2H3,(H,16,20). The van der Waals surface area contributed by atoms with Crippen LogP contribution in [0.4, 0.5) is 10.7 Å². The number of carbonyl (C=O) groups is 1. The number of likely N-dealkylation sites (N-methyl/N-ethyl adjacent to an activating group) is 1. The monoisotopic (exact) mass is 278 g/mol. The molecule has 0 aliphatic carbocycles. The first-order valence-electron chi connectivity index (χ1n) is 6.86. The van der Waals surface area contributed by atoms with Crippen LogP contribution in [0.15, 0.2) is 18.5 Å². The third-order valence-corrected chi connectivity index (χ3v) is 3.24. The van der Waals surface area contributed by atoms with Crippen LogP contribution in [0.2, 0.25) is 0 Å². The van der Waals surface area contributed by atoms with Gasteiger partial charge in [-0.05, 0) is 20.2 Å². The smallest absolute Gasteiger partial charge is 0.317 e. The van der Waals surface area contributed by atoms with Gasteiger partial charge in [-0.2, -0.15) is 0 Å². The lowest BCUT2D eigenvalue weighted by atomic mass is 10.3. The molecule has 0 atom stereocenters. The average Bonchev–Trinajstić information content (AvgIpc) is 2.48. The number of anilines is 1. The summed E-state index contributed by atoms with van der Waals surface area (Å²) < 4.78 is 0. The van der Waals surface area contributed by atoms with Crippen LogP contribution < -0.4 is 10.2 Å². The quantitative estimate of drug-likeness (QED) is 0.831. The minimum absolute atomic E-state index is 0.0143. The first kappa shape index (κ1) is 14.5. The molecule has 0 bridgehead atoms. The molecule has 1 saturated heterocycles. The van der Waals surface area contributed by atoms with E-state index in [2.05, 4.69) is 20.2 Å². The maximum Gasteiger partial charge on any atom is 0.317 e. The summed E-state index contributed by atoms with van der Waals surface area (Å²) in [4.78, 5) is 26.4. The van der Waals surface area contributed by atoms with Crippen LogP contribution >= 0.6 is 0 Å². The molecule has 2 heterocycles. The summed E-state index contributed by atoms with van der Waals surface area (Å²) in [5.41, 5.74) is 0. The highest BCUT2D eigenvalue weighted by Crippen LogP contribution is 2.09. The van der Waals surface area contributed by atoms with Crippen LogP contribution in [0.25, 0.3) is 0 Å². The van der Waals surface area contributed by atoms with Crippen molar-refractivity contribution in [2.24, 2.45) is 0 Å². The van der Waals surface area contributed by atoms with E-state index in [9.17, 15) is 4.79 Å². The minimum Gasteiger partial charge on any atom is -0.337 e. The fraction of sp³-hybridized carbons (Fsp3) is 0.615. The summed E-state index contributed by atoms with van der Waals surface area (Å²) in [6, 6.07) is 1.82. The van der Waals surface area contributed by atoms with Gasteiger partial charge in [-0.1, -0.05) is 0 Å². The van der Waals surface area contributed by atoms with Crippen LogP contribution in [0, 0.1) is 0 Å². The Balaban J connectivity index is 1.75. The predicted octanol–water partition coefficient (Wildman–Crippen LogP) is -0.130. The van der Waals surface area contributed by atoms with Crippen molar-refractivity contribution in [3.63, 3.8) is 0 Å². The molecule has 0 spiro atoms. The van der Waals surface area contributed by atoms with Crippen molar-refractivity contribution in [2.45, 2.75) is 0 Å². The van der Waals surface area contributed by atoms with Gasteiger partial charge < -0.3 is 20.0 Å². The van der Waals surface area contributed by atoms with Crippen molar-refractivity contribution in [2.75, 3.05) is 58.3 Å². The number of nitrogens with zero attached hydrogens (tertiary/aromatic N) is 5. The first-order chi connectivity index (χ1) is 9.66. The van der Waals surface area contributed by atoms with Crippen molar-refractivity contribution in [1.29, 1.82) is 0 Å². The van der Waals surface area contributed by atoms with Gasteiger partial charge in [-0.25, -0.2) is 14.8 Å². The maximum atomic E-state index is 12.0. The number of urea groups is 1. The highest BCUT2D eigenvalue weighted by molar-refractivity contribution is 5.74. The molecule has 1 N–H and O–H groups in total. The summed E-state index contributed by atoms with van der Waals surface area (Å²) in [5.74, 6) is 0.736. The van der Waals surface area contributed by atoms with E-state index in [-0.39, 0.29) is 6.03 Å². The minimum atomic E-state index is 0.0143. The van der Waals surface area contributed by atoms with Crippen molar-refractivity contribution in [3.8, 4) is 0 Å². The number of amides is 2. The molecule has 1 aromatic heterocycles. The molecular weight excluding hydrogens is 256 g/mol. The molecule has 0 unspecified atom stereocenters. The zero-order chi connectivity index (χ0) is 14.4. The molecule has 0 saturated carbocycles. The van der Waals surface area contributed by atoms with Gasteiger partial charge in [-0.3, -0.25) is 0 Å². The molecule has 7 nitrogen and oxygen atoms in total. The largest absolute Gasteiger partial charge is 0.337 e. The van der Waals surface area contributed by atoms with Gasteiger partial charge in [0.25, 0.3) is 0 Å². The van der Waals surface area contributed by atoms with Crippen molar-refractivity contribution >= 4 is 12.0 Å². The molecular formula is C13H22N6O. The Labute approximate surface area is 119 Å². The summed E-state index contributed by atoms with van der Waals surface area (Å²) in [5, 5.41) is 2.93. The maximum absolute atomic E-state index is 12.0. The van der Waals surface area contributed by atoms with E-state index < -0.39 is 0 Å². The summed E-state index contributed by atoms with van der Waals surface area (Å²) in [6.07, 6.45) is 3.48. The molecule has 20 heavy (non-hydrogen) atoms. The van der Waals surface area contributed by atoms with Crippen molar-refractivity contribution < 1.29 is 4.79 Å². The van der Waals surface area contributed by atoms with E-state index in [1.807, 2.05) is 23.9 Å². The fourth-order valence-corrected chi connectivity index (χ4v) is 2.06. The van der Waals surface area contributed by atoms with Gasteiger partial charge in [0.1, 0.15) is 0 Å². The zero-order valence-corrected chi connectivity index (χ0v) is 12.1. The van der Waals surface area contributed by atoms with E-state index in [1.54, 1.807) is 18.5 Å². The lowest BCUT2D eigenvalue weighted by molar-refractivity contribution is 0.193. The molecule has 2 rings (SSSR count). The third kappa shape index (κ3) is 4.06. The fourth-order valence-electron chi connectivity index (χ4n) is 2.06. The first-order valence-corrected chi connectivity index (χ1v) is 6.86. The summed E-state index contributed by atoms with van der Waals surface area (Å²) in [6.45, 7) is 4.46. The van der Waals surface area contributed by atoms with E-state index in [0.29, 0.717) is 19.6 Å². The number of carbonyl (C=O) groups excluding carboxylic acids is 1. The number of nitrogens with one attached hydrogen (secondary N) is 1. The Hall–Kier alpha value is -1.89. The van der Waals surface area contributed by atoms with Crippen molar-refractivity contribution in [1.82, 2.24) is 25.1 Å². The Bertz CT molecular complexity index is 416. The van der Waals surface area contributed by atoms with Crippen LogP contribution in [0.3, 0.4) is 0 Å². The van der Waals surface area contributed by atoms with Gasteiger partial charge in [0.05, 0.1) is 0 Å². The van der Waals surface area contributed by atoms with Gasteiger partial charge in [0.2, 0.25) is 5.95 Å². The SMILES string of the molecule is CN(C)CCNC(=O)N1CCN(c2ncccn2)CC1.